The van der Waals surface area contributed by atoms with Gasteiger partial charge in [0.25, 0.3) is 0 Å². The molecule has 1 aromatic rings. The number of ether oxygens (including phenoxy) is 2. The molecule has 0 aliphatic carbocycles. The summed E-state index contributed by atoms with van der Waals surface area (Å²) in [6, 6.07) is 5.25. The third-order valence-corrected chi connectivity index (χ3v) is 2.01. The molecule has 1 amide bonds. The molecule has 0 heterocycles. The molecule has 0 aliphatic rings. The Morgan fingerprint density at radius 2 is 2.00 bits per heavy atom. The fourth-order valence-electron chi connectivity index (χ4n) is 1.21. The number of nitrogens with one attached hydrogen (secondary N) is 1. The summed E-state index contributed by atoms with van der Waals surface area (Å²) in [4.78, 5) is 21.8. The average molecular weight is 291 g/mol. The maximum Gasteiger partial charge on any atom is 0.471 e. The Hall–Kier alpha value is -2.25. The molecule has 0 saturated carbocycles. The van der Waals surface area contributed by atoms with Gasteiger partial charge in [0, 0.05) is 11.8 Å². The lowest BCUT2D eigenvalue weighted by molar-refractivity contribution is -0.167. The van der Waals surface area contributed by atoms with E-state index in [4.69, 9.17) is 4.74 Å². The van der Waals surface area contributed by atoms with E-state index in [-0.39, 0.29) is 24.7 Å². The fraction of sp³-hybridized carbons (Fsp3) is 0.333. The van der Waals surface area contributed by atoms with E-state index in [0.717, 1.165) is 0 Å². The first-order chi connectivity index (χ1) is 9.32. The Kier molecular flexibility index (Phi) is 5.36. The highest BCUT2D eigenvalue weighted by Gasteiger charge is 2.38. The lowest BCUT2D eigenvalue weighted by Gasteiger charge is -2.10. The van der Waals surface area contributed by atoms with Crippen molar-refractivity contribution in [2.45, 2.75) is 13.1 Å². The number of amides is 1. The van der Waals surface area contributed by atoms with Crippen molar-refractivity contribution >= 4 is 17.6 Å². The van der Waals surface area contributed by atoms with Crippen LogP contribution in [0.25, 0.3) is 0 Å². The summed E-state index contributed by atoms with van der Waals surface area (Å²) in [5, 5.41) is 1.67. The first kappa shape index (κ1) is 15.8. The largest absolute Gasteiger partial charge is 0.482 e. The van der Waals surface area contributed by atoms with Crippen molar-refractivity contribution in [3.8, 4) is 5.75 Å². The lowest BCUT2D eigenvalue weighted by Crippen LogP contribution is -2.29. The van der Waals surface area contributed by atoms with E-state index in [9.17, 15) is 22.8 Å². The van der Waals surface area contributed by atoms with Crippen molar-refractivity contribution in [3.63, 3.8) is 0 Å². The van der Waals surface area contributed by atoms with E-state index in [1.54, 1.807) is 12.2 Å². The van der Waals surface area contributed by atoms with E-state index >= 15 is 0 Å². The molecular formula is C12H12F3NO4. The summed E-state index contributed by atoms with van der Waals surface area (Å²) in [5.74, 6) is -2.55. The van der Waals surface area contributed by atoms with Crippen LogP contribution in [0.3, 0.4) is 0 Å². The van der Waals surface area contributed by atoms with Crippen LogP contribution in [0.5, 0.6) is 5.75 Å². The summed E-state index contributed by atoms with van der Waals surface area (Å²) in [5.41, 5.74) is -0.0892. The van der Waals surface area contributed by atoms with Crippen LogP contribution >= 0.6 is 0 Å². The van der Waals surface area contributed by atoms with Crippen LogP contribution in [-0.4, -0.2) is 31.3 Å². The normalized spacial score (nSPS) is 10.8. The molecule has 1 aromatic carbocycles. The van der Waals surface area contributed by atoms with Gasteiger partial charge in [-0.15, -0.1) is 0 Å². The van der Waals surface area contributed by atoms with Crippen LogP contribution in [-0.2, 0) is 14.3 Å². The Bertz CT molecular complexity index is 488. The van der Waals surface area contributed by atoms with Gasteiger partial charge in [-0.05, 0) is 19.1 Å². The van der Waals surface area contributed by atoms with Crippen molar-refractivity contribution in [1.29, 1.82) is 0 Å². The summed E-state index contributed by atoms with van der Waals surface area (Å²) < 4.78 is 45.9. The van der Waals surface area contributed by atoms with E-state index in [1.807, 2.05) is 0 Å². The minimum absolute atomic E-state index is 0.0892. The maximum atomic E-state index is 12.1. The third-order valence-electron chi connectivity index (χ3n) is 2.01. The minimum atomic E-state index is -4.97. The Morgan fingerprint density at radius 1 is 1.30 bits per heavy atom. The number of carbonyl (C=O) groups is 2. The van der Waals surface area contributed by atoms with Gasteiger partial charge in [-0.1, -0.05) is 6.07 Å². The maximum absolute atomic E-state index is 12.1. The quantitative estimate of drug-likeness (QED) is 0.844. The van der Waals surface area contributed by atoms with Gasteiger partial charge in [0.1, 0.15) is 5.75 Å². The van der Waals surface area contributed by atoms with Gasteiger partial charge in [0.05, 0.1) is 6.61 Å². The first-order valence-electron chi connectivity index (χ1n) is 5.59. The third kappa shape index (κ3) is 5.17. The van der Waals surface area contributed by atoms with Crippen LogP contribution in [0, 0.1) is 0 Å². The van der Waals surface area contributed by atoms with Gasteiger partial charge in [0.15, 0.2) is 6.61 Å². The van der Waals surface area contributed by atoms with Crippen molar-refractivity contribution in [2.24, 2.45) is 0 Å². The highest BCUT2D eigenvalue weighted by Crippen LogP contribution is 2.21. The molecule has 0 saturated heterocycles. The lowest BCUT2D eigenvalue weighted by atomic mass is 10.3. The molecule has 0 atom stereocenters. The minimum Gasteiger partial charge on any atom is -0.482 e. The Balaban J connectivity index is 2.62. The smallest absolute Gasteiger partial charge is 0.471 e. The number of hydrogen-bond donors (Lipinski definition) is 1. The summed E-state index contributed by atoms with van der Waals surface area (Å²) in [6.45, 7) is 1.46. The number of rotatable bonds is 5. The number of carbonyl (C=O) groups excluding carboxylic acids is 2. The molecule has 20 heavy (non-hydrogen) atoms. The molecule has 0 aromatic heterocycles. The second-order valence-electron chi connectivity index (χ2n) is 3.57. The Labute approximate surface area is 112 Å². The topological polar surface area (TPSA) is 64.6 Å². The van der Waals surface area contributed by atoms with E-state index in [1.165, 1.54) is 24.3 Å². The fourth-order valence-corrected chi connectivity index (χ4v) is 1.21. The van der Waals surface area contributed by atoms with Gasteiger partial charge in [-0.25, -0.2) is 4.79 Å². The van der Waals surface area contributed by atoms with Crippen molar-refractivity contribution in [3.05, 3.63) is 24.3 Å². The van der Waals surface area contributed by atoms with Crippen LogP contribution < -0.4 is 10.1 Å². The monoisotopic (exact) mass is 291 g/mol. The summed E-state index contributed by atoms with van der Waals surface area (Å²) in [7, 11) is 0. The standard InChI is InChI=1S/C12H12F3NO4/c1-2-19-10(17)7-20-9-5-3-4-8(6-9)16-11(18)12(13,14)15/h3-6H,2,7H2,1H3,(H,16,18). The molecular weight excluding hydrogens is 279 g/mol. The Morgan fingerprint density at radius 3 is 2.60 bits per heavy atom. The van der Waals surface area contributed by atoms with E-state index in [2.05, 4.69) is 4.74 Å². The van der Waals surface area contributed by atoms with Crippen LogP contribution in [0.1, 0.15) is 6.92 Å². The predicted molar refractivity (Wildman–Crippen MR) is 63.3 cm³/mol. The van der Waals surface area contributed by atoms with Gasteiger partial charge < -0.3 is 14.8 Å². The highest BCUT2D eigenvalue weighted by molar-refractivity contribution is 5.95. The highest BCUT2D eigenvalue weighted by atomic mass is 19.4. The number of esters is 1. The van der Waals surface area contributed by atoms with Crippen LogP contribution in [0.2, 0.25) is 0 Å². The molecule has 0 fully saturated rings. The second kappa shape index (κ2) is 6.78. The number of anilines is 1. The van der Waals surface area contributed by atoms with Crippen molar-refractivity contribution in [2.75, 3.05) is 18.5 Å². The van der Waals surface area contributed by atoms with Gasteiger partial charge >= 0.3 is 18.1 Å². The second-order valence-corrected chi connectivity index (χ2v) is 3.57. The predicted octanol–water partition coefficient (Wildman–Crippen LogP) is 2.13. The van der Waals surface area contributed by atoms with Gasteiger partial charge in [0.2, 0.25) is 0 Å². The molecule has 110 valence electrons. The number of alkyl halides is 3. The zero-order valence-corrected chi connectivity index (χ0v) is 10.5. The van der Waals surface area contributed by atoms with Crippen LogP contribution in [0.15, 0.2) is 24.3 Å². The van der Waals surface area contributed by atoms with E-state index < -0.39 is 18.1 Å². The zero-order chi connectivity index (χ0) is 15.2. The molecule has 0 aliphatic heterocycles. The molecule has 0 spiro atoms. The number of benzene rings is 1. The molecule has 0 radical (unpaired) electrons. The first-order valence-corrected chi connectivity index (χ1v) is 5.59. The van der Waals surface area contributed by atoms with Crippen LogP contribution in [0.4, 0.5) is 18.9 Å². The number of hydrogen-bond acceptors (Lipinski definition) is 4. The van der Waals surface area contributed by atoms with E-state index in [0.29, 0.717) is 0 Å². The number of halogens is 3. The molecule has 1 N–H and O–H groups in total. The molecule has 8 heteroatoms. The molecule has 1 rings (SSSR count). The summed E-state index contributed by atoms with van der Waals surface area (Å²) >= 11 is 0. The van der Waals surface area contributed by atoms with Gasteiger partial charge in [-0.3, -0.25) is 4.79 Å². The SMILES string of the molecule is CCOC(=O)COc1cccc(NC(=O)C(F)(F)F)c1. The molecule has 0 bridgehead atoms. The summed E-state index contributed by atoms with van der Waals surface area (Å²) in [6.07, 6.45) is -4.97. The average Bonchev–Trinajstić information content (AvgIpc) is 2.36. The van der Waals surface area contributed by atoms with Crippen molar-refractivity contribution < 1.29 is 32.2 Å². The zero-order valence-electron chi connectivity index (χ0n) is 10.5. The molecule has 0 unspecified atom stereocenters. The van der Waals surface area contributed by atoms with Crippen molar-refractivity contribution in [1.82, 2.24) is 0 Å². The molecule has 5 nitrogen and oxygen atoms in total. The van der Waals surface area contributed by atoms with Gasteiger partial charge in [-0.2, -0.15) is 13.2 Å².